The molecule has 0 aromatic heterocycles. The number of nitrogens with one attached hydrogen (secondary N) is 1. The zero-order valence-corrected chi connectivity index (χ0v) is 19.0. The molecule has 2 amide bonds. The predicted octanol–water partition coefficient (Wildman–Crippen LogP) is 2.75. The molecule has 0 radical (unpaired) electrons. The number of fused-ring (bicyclic) bond motifs is 1. The van der Waals surface area contributed by atoms with Crippen LogP contribution in [0.4, 0.5) is 5.69 Å². The second-order valence-electron chi connectivity index (χ2n) is 7.73. The van der Waals surface area contributed by atoms with E-state index in [4.69, 9.17) is 9.47 Å². The van der Waals surface area contributed by atoms with E-state index in [-0.39, 0.29) is 24.4 Å². The number of hydrogen-bond acceptors (Lipinski definition) is 5. The average molecular weight is 488 g/mol. The molecule has 0 spiro atoms. The number of halogens is 1. The Bertz CT molecular complexity index is 931. The van der Waals surface area contributed by atoms with Crippen LogP contribution in [0, 0.1) is 0 Å². The van der Waals surface area contributed by atoms with Gasteiger partial charge in [-0.15, -0.1) is 0 Å². The summed E-state index contributed by atoms with van der Waals surface area (Å²) in [6, 6.07) is 15.3. The normalized spacial score (nSPS) is 19.2. The zero-order valence-electron chi connectivity index (χ0n) is 17.4. The first kappa shape index (κ1) is 21.6. The number of carbonyl (C=O) groups excluding carboxylic acids is 2. The number of rotatable bonds is 5. The molecule has 0 unspecified atom stereocenters. The highest BCUT2D eigenvalue weighted by Crippen LogP contribution is 2.33. The van der Waals surface area contributed by atoms with E-state index in [1.54, 1.807) is 4.90 Å². The topological polar surface area (TPSA) is 71.1 Å². The molecule has 1 fully saturated rings. The Kier molecular flexibility index (Phi) is 6.77. The van der Waals surface area contributed by atoms with E-state index in [0.29, 0.717) is 38.6 Å². The lowest BCUT2D eigenvalue weighted by Crippen LogP contribution is -2.54. The molecule has 0 saturated carbocycles. The molecule has 8 heteroatoms. The van der Waals surface area contributed by atoms with E-state index < -0.39 is 6.10 Å². The minimum Gasteiger partial charge on any atom is -0.477 e. The van der Waals surface area contributed by atoms with E-state index in [2.05, 4.69) is 21.2 Å². The van der Waals surface area contributed by atoms with Crippen molar-refractivity contribution in [2.75, 3.05) is 44.3 Å². The highest BCUT2D eigenvalue weighted by Gasteiger charge is 2.34. The quantitative estimate of drug-likeness (QED) is 0.701. The molecule has 2 aliphatic rings. The fourth-order valence-electron chi connectivity index (χ4n) is 3.87. The number of amides is 2. The van der Waals surface area contributed by atoms with Crippen LogP contribution >= 0.6 is 15.9 Å². The Morgan fingerprint density at radius 1 is 1.13 bits per heavy atom. The first-order valence-corrected chi connectivity index (χ1v) is 11.2. The third-order valence-electron chi connectivity index (χ3n) is 5.54. The van der Waals surface area contributed by atoms with Crippen molar-refractivity contribution in [3.05, 3.63) is 58.6 Å². The predicted molar refractivity (Wildman–Crippen MR) is 121 cm³/mol. The Morgan fingerprint density at radius 2 is 1.84 bits per heavy atom. The molecule has 1 N–H and O–H groups in total. The molecule has 2 aromatic rings. The van der Waals surface area contributed by atoms with Crippen molar-refractivity contribution in [2.24, 2.45) is 0 Å². The summed E-state index contributed by atoms with van der Waals surface area (Å²) in [6.45, 7) is 4.63. The van der Waals surface area contributed by atoms with E-state index in [1.165, 1.54) is 0 Å². The molecular weight excluding hydrogens is 462 g/mol. The van der Waals surface area contributed by atoms with Gasteiger partial charge in [0.25, 0.3) is 5.91 Å². The Balaban J connectivity index is 1.45. The summed E-state index contributed by atoms with van der Waals surface area (Å²) in [7, 11) is 0. The third-order valence-corrected chi connectivity index (χ3v) is 6.07. The van der Waals surface area contributed by atoms with Crippen molar-refractivity contribution in [3.8, 4) is 5.75 Å². The summed E-state index contributed by atoms with van der Waals surface area (Å²) in [6.07, 6.45) is -0.648. The van der Waals surface area contributed by atoms with Gasteiger partial charge >= 0.3 is 0 Å². The summed E-state index contributed by atoms with van der Waals surface area (Å²) in [5.41, 5.74) is 1.85. The van der Waals surface area contributed by atoms with Gasteiger partial charge in [-0.3, -0.25) is 9.59 Å². The molecule has 2 aromatic carbocycles. The number of morpholine rings is 1. The molecule has 1 saturated heterocycles. The summed E-state index contributed by atoms with van der Waals surface area (Å²) in [4.78, 5) is 29.5. The fraction of sp³-hybridized carbons (Fsp3) is 0.391. The second-order valence-corrected chi connectivity index (χ2v) is 8.65. The second kappa shape index (κ2) is 9.70. The van der Waals surface area contributed by atoms with Crippen LogP contribution in [0.25, 0.3) is 0 Å². The maximum absolute atomic E-state index is 13.0. The highest BCUT2D eigenvalue weighted by atomic mass is 79.9. The number of para-hydroxylation sites is 2. The van der Waals surface area contributed by atoms with Crippen LogP contribution in [-0.4, -0.2) is 62.2 Å². The summed E-state index contributed by atoms with van der Waals surface area (Å²) in [5.74, 6) is 0.449. The van der Waals surface area contributed by atoms with Crippen molar-refractivity contribution in [1.82, 2.24) is 10.2 Å². The minimum atomic E-state index is -0.648. The van der Waals surface area contributed by atoms with Crippen LogP contribution in [0.1, 0.15) is 18.5 Å². The van der Waals surface area contributed by atoms with E-state index in [0.717, 1.165) is 15.7 Å². The van der Waals surface area contributed by atoms with Gasteiger partial charge in [0, 0.05) is 17.6 Å². The monoisotopic (exact) mass is 487 g/mol. The van der Waals surface area contributed by atoms with Gasteiger partial charge in [-0.2, -0.15) is 0 Å². The zero-order chi connectivity index (χ0) is 21.8. The van der Waals surface area contributed by atoms with Gasteiger partial charge in [-0.05, 0) is 36.8 Å². The summed E-state index contributed by atoms with van der Waals surface area (Å²) in [5, 5.41) is 3.05. The van der Waals surface area contributed by atoms with Crippen molar-refractivity contribution >= 4 is 33.4 Å². The number of anilines is 1. The molecule has 7 nitrogen and oxygen atoms in total. The van der Waals surface area contributed by atoms with Gasteiger partial charge in [-0.1, -0.05) is 40.2 Å². The number of carbonyl (C=O) groups is 2. The van der Waals surface area contributed by atoms with Gasteiger partial charge in [0.2, 0.25) is 5.91 Å². The van der Waals surface area contributed by atoms with Crippen LogP contribution in [0.15, 0.2) is 53.0 Å². The van der Waals surface area contributed by atoms with Crippen LogP contribution < -0.4 is 15.0 Å². The van der Waals surface area contributed by atoms with Crippen LogP contribution in [0.5, 0.6) is 5.75 Å². The fourth-order valence-corrected chi connectivity index (χ4v) is 4.13. The third kappa shape index (κ3) is 5.19. The molecule has 0 bridgehead atoms. The first-order valence-electron chi connectivity index (χ1n) is 10.4. The molecule has 2 heterocycles. The maximum Gasteiger partial charge on any atom is 0.265 e. The van der Waals surface area contributed by atoms with Crippen molar-refractivity contribution in [1.29, 1.82) is 0 Å². The summed E-state index contributed by atoms with van der Waals surface area (Å²) >= 11 is 3.43. The van der Waals surface area contributed by atoms with E-state index in [9.17, 15) is 9.59 Å². The largest absolute Gasteiger partial charge is 0.477 e. The standard InChI is InChI=1S/C23H26BrN3O4/c1-16(17-6-8-18(24)9-7-17)25-22(28)15-27-14-21(23(29)26-10-12-30-13-11-26)31-20-5-3-2-4-19(20)27/h2-9,16,21H,10-15H2,1H3,(H,25,28)/t16-,21-/m0/s1. The van der Waals surface area contributed by atoms with Gasteiger partial charge in [0.05, 0.1) is 38.0 Å². The molecule has 31 heavy (non-hydrogen) atoms. The van der Waals surface area contributed by atoms with Gasteiger partial charge in [0.15, 0.2) is 6.10 Å². The van der Waals surface area contributed by atoms with E-state index in [1.807, 2.05) is 60.4 Å². The van der Waals surface area contributed by atoms with Crippen molar-refractivity contribution < 1.29 is 19.1 Å². The van der Waals surface area contributed by atoms with Crippen LogP contribution in [0.3, 0.4) is 0 Å². The lowest BCUT2D eigenvalue weighted by molar-refractivity contribution is -0.142. The molecule has 2 aliphatic heterocycles. The smallest absolute Gasteiger partial charge is 0.265 e. The van der Waals surface area contributed by atoms with Crippen LogP contribution in [0.2, 0.25) is 0 Å². The first-order chi connectivity index (χ1) is 15.0. The number of nitrogens with zero attached hydrogens (tertiary/aromatic N) is 2. The SMILES string of the molecule is C[C@H](NC(=O)CN1C[C@@H](C(=O)N2CCOCC2)Oc2ccccc21)c1ccc(Br)cc1. The molecule has 164 valence electrons. The summed E-state index contributed by atoms with van der Waals surface area (Å²) < 4.78 is 12.4. The van der Waals surface area contributed by atoms with Crippen molar-refractivity contribution in [2.45, 2.75) is 19.1 Å². The lowest BCUT2D eigenvalue weighted by Gasteiger charge is -2.38. The Hall–Kier alpha value is -2.58. The molecule has 2 atom stereocenters. The number of benzene rings is 2. The van der Waals surface area contributed by atoms with Gasteiger partial charge in [0.1, 0.15) is 5.75 Å². The molecule has 4 rings (SSSR count). The highest BCUT2D eigenvalue weighted by molar-refractivity contribution is 9.10. The number of hydrogen-bond donors (Lipinski definition) is 1. The molecule has 0 aliphatic carbocycles. The van der Waals surface area contributed by atoms with Crippen molar-refractivity contribution in [3.63, 3.8) is 0 Å². The van der Waals surface area contributed by atoms with E-state index >= 15 is 0 Å². The maximum atomic E-state index is 13.0. The van der Waals surface area contributed by atoms with Gasteiger partial charge < -0.3 is 24.6 Å². The van der Waals surface area contributed by atoms with Crippen LogP contribution in [-0.2, 0) is 14.3 Å². The number of ether oxygens (including phenoxy) is 2. The average Bonchev–Trinajstić information content (AvgIpc) is 2.79. The van der Waals surface area contributed by atoms with Gasteiger partial charge in [-0.25, -0.2) is 0 Å². The lowest BCUT2D eigenvalue weighted by atomic mass is 10.1. The Labute approximate surface area is 190 Å². The Morgan fingerprint density at radius 3 is 2.58 bits per heavy atom. The minimum absolute atomic E-state index is 0.0635. The molecular formula is C23H26BrN3O4.